The van der Waals surface area contributed by atoms with Gasteiger partial charge in [0.2, 0.25) is 5.91 Å². The first-order valence-corrected chi connectivity index (χ1v) is 4.90. The zero-order valence-corrected chi connectivity index (χ0v) is 9.34. The Balaban J connectivity index is 3.10. The third kappa shape index (κ3) is 2.62. The molecule has 0 saturated carbocycles. The number of primary amides is 1. The van der Waals surface area contributed by atoms with Crippen LogP contribution >= 0.6 is 23.2 Å². The lowest BCUT2D eigenvalue weighted by Gasteiger charge is -2.15. The number of rotatable bonds is 3. The van der Waals surface area contributed by atoms with Crippen LogP contribution in [0.4, 0.5) is 4.39 Å². The van der Waals surface area contributed by atoms with Crippen LogP contribution < -0.4 is 5.73 Å². The van der Waals surface area contributed by atoms with Crippen LogP contribution in [0.15, 0.2) is 12.1 Å². The average molecular weight is 268 g/mol. The van der Waals surface area contributed by atoms with E-state index in [0.717, 1.165) is 12.1 Å². The Morgan fingerprint density at radius 1 is 1.38 bits per heavy atom. The van der Waals surface area contributed by atoms with Crippen molar-refractivity contribution in [2.24, 2.45) is 5.73 Å². The van der Waals surface area contributed by atoms with Crippen LogP contribution in [0.1, 0.15) is 11.7 Å². The molecule has 88 valence electrons. The van der Waals surface area contributed by atoms with Gasteiger partial charge in [-0.2, -0.15) is 0 Å². The molecule has 16 heavy (non-hydrogen) atoms. The second-order valence-electron chi connectivity index (χ2n) is 3.09. The van der Waals surface area contributed by atoms with Crippen LogP contribution in [-0.2, 0) is 4.79 Å². The van der Waals surface area contributed by atoms with Crippen molar-refractivity contribution in [2.75, 3.05) is 0 Å². The average Bonchev–Trinajstić information content (AvgIpc) is 2.22. The molecular formula is C9H8Cl2FNO3. The van der Waals surface area contributed by atoms with Crippen LogP contribution in [0.5, 0.6) is 0 Å². The largest absolute Gasteiger partial charge is 0.385 e. The van der Waals surface area contributed by atoms with Crippen molar-refractivity contribution in [2.45, 2.75) is 12.2 Å². The van der Waals surface area contributed by atoms with E-state index in [-0.39, 0.29) is 15.6 Å². The van der Waals surface area contributed by atoms with Gasteiger partial charge in [0.15, 0.2) is 6.10 Å². The molecule has 0 heterocycles. The van der Waals surface area contributed by atoms with E-state index in [1.807, 2.05) is 0 Å². The third-order valence-corrected chi connectivity index (χ3v) is 2.72. The Bertz CT molecular complexity index is 404. The Labute approximate surface area is 100 Å². The quantitative estimate of drug-likeness (QED) is 0.715. The summed E-state index contributed by atoms with van der Waals surface area (Å²) in [5.74, 6) is -1.99. The highest BCUT2D eigenvalue weighted by atomic mass is 35.5. The molecule has 0 fully saturated rings. The number of halogens is 3. The molecule has 4 N–H and O–H groups in total. The van der Waals surface area contributed by atoms with Crippen molar-refractivity contribution >= 4 is 29.1 Å². The standard InChI is InChI=1S/C9H8Cl2FNO3/c10-4-1-3(2-5(12)6(4)11)7(14)8(15)9(13)16/h1-2,7-8,14-15H,(H2,13,16). The van der Waals surface area contributed by atoms with E-state index in [1.54, 1.807) is 0 Å². The fourth-order valence-corrected chi connectivity index (χ4v) is 1.41. The van der Waals surface area contributed by atoms with Gasteiger partial charge in [0, 0.05) is 0 Å². The minimum Gasteiger partial charge on any atom is -0.385 e. The lowest BCUT2D eigenvalue weighted by molar-refractivity contribution is -0.131. The molecule has 1 aromatic rings. The molecule has 0 bridgehead atoms. The molecule has 7 heteroatoms. The summed E-state index contributed by atoms with van der Waals surface area (Å²) >= 11 is 11.0. The van der Waals surface area contributed by atoms with Gasteiger partial charge in [-0.05, 0) is 17.7 Å². The highest BCUT2D eigenvalue weighted by Crippen LogP contribution is 2.29. The molecule has 0 aliphatic rings. The zero-order valence-electron chi connectivity index (χ0n) is 7.82. The van der Waals surface area contributed by atoms with Crippen LogP contribution in [0.25, 0.3) is 0 Å². The van der Waals surface area contributed by atoms with E-state index in [9.17, 15) is 19.4 Å². The fourth-order valence-electron chi connectivity index (χ4n) is 1.08. The number of hydrogen-bond donors (Lipinski definition) is 3. The number of hydrogen-bond acceptors (Lipinski definition) is 3. The Hall–Kier alpha value is -0.880. The maximum atomic E-state index is 13.1. The van der Waals surface area contributed by atoms with Crippen molar-refractivity contribution < 1.29 is 19.4 Å². The summed E-state index contributed by atoms with van der Waals surface area (Å²) in [4.78, 5) is 10.6. The zero-order chi connectivity index (χ0) is 12.5. The van der Waals surface area contributed by atoms with Crippen LogP contribution in [0.2, 0.25) is 10.0 Å². The molecule has 2 atom stereocenters. The normalized spacial score (nSPS) is 14.6. The molecule has 0 saturated heterocycles. The van der Waals surface area contributed by atoms with E-state index in [0.29, 0.717) is 0 Å². The van der Waals surface area contributed by atoms with Crippen LogP contribution in [0.3, 0.4) is 0 Å². The van der Waals surface area contributed by atoms with E-state index < -0.39 is 23.9 Å². The van der Waals surface area contributed by atoms with Gasteiger partial charge in [-0.1, -0.05) is 23.2 Å². The lowest BCUT2D eigenvalue weighted by Crippen LogP contribution is -2.33. The van der Waals surface area contributed by atoms with Crippen molar-refractivity contribution in [3.05, 3.63) is 33.6 Å². The molecule has 1 amide bonds. The molecule has 1 rings (SSSR count). The van der Waals surface area contributed by atoms with E-state index in [4.69, 9.17) is 28.9 Å². The number of carbonyl (C=O) groups is 1. The number of carbonyl (C=O) groups excluding carboxylic acids is 1. The smallest absolute Gasteiger partial charge is 0.249 e. The molecule has 0 aromatic heterocycles. The minimum atomic E-state index is -1.84. The summed E-state index contributed by atoms with van der Waals surface area (Å²) in [5, 5.41) is 18.2. The monoisotopic (exact) mass is 267 g/mol. The second kappa shape index (κ2) is 4.97. The Morgan fingerprint density at radius 3 is 2.38 bits per heavy atom. The third-order valence-electron chi connectivity index (χ3n) is 1.94. The highest BCUT2D eigenvalue weighted by molar-refractivity contribution is 6.42. The van der Waals surface area contributed by atoms with Gasteiger partial charge in [0.1, 0.15) is 11.9 Å². The molecule has 1 aromatic carbocycles. The van der Waals surface area contributed by atoms with Crippen LogP contribution in [0, 0.1) is 5.82 Å². The first kappa shape index (κ1) is 13.2. The van der Waals surface area contributed by atoms with Gasteiger partial charge < -0.3 is 15.9 Å². The van der Waals surface area contributed by atoms with Gasteiger partial charge in [-0.25, -0.2) is 4.39 Å². The maximum absolute atomic E-state index is 13.1. The van der Waals surface area contributed by atoms with E-state index >= 15 is 0 Å². The molecule has 2 unspecified atom stereocenters. The van der Waals surface area contributed by atoms with E-state index in [1.165, 1.54) is 0 Å². The number of nitrogens with two attached hydrogens (primary N) is 1. The Kier molecular flexibility index (Phi) is 4.09. The maximum Gasteiger partial charge on any atom is 0.249 e. The number of benzene rings is 1. The molecule has 0 aliphatic heterocycles. The van der Waals surface area contributed by atoms with Gasteiger partial charge in [-0.15, -0.1) is 0 Å². The summed E-state index contributed by atoms with van der Waals surface area (Å²) in [6.07, 6.45) is -3.49. The number of amides is 1. The predicted octanol–water partition coefficient (Wildman–Crippen LogP) is 1.01. The summed E-state index contributed by atoms with van der Waals surface area (Å²) in [7, 11) is 0. The summed E-state index contributed by atoms with van der Waals surface area (Å²) < 4.78 is 13.1. The lowest BCUT2D eigenvalue weighted by atomic mass is 10.0. The molecule has 4 nitrogen and oxygen atoms in total. The Morgan fingerprint density at radius 2 is 1.94 bits per heavy atom. The van der Waals surface area contributed by atoms with Crippen molar-refractivity contribution in [1.29, 1.82) is 0 Å². The van der Waals surface area contributed by atoms with Crippen LogP contribution in [-0.4, -0.2) is 22.2 Å². The minimum absolute atomic E-state index is 0.0850. The highest BCUT2D eigenvalue weighted by Gasteiger charge is 2.24. The molecule has 0 spiro atoms. The van der Waals surface area contributed by atoms with Gasteiger partial charge >= 0.3 is 0 Å². The van der Waals surface area contributed by atoms with Crippen molar-refractivity contribution in [1.82, 2.24) is 0 Å². The van der Waals surface area contributed by atoms with Crippen molar-refractivity contribution in [3.63, 3.8) is 0 Å². The second-order valence-corrected chi connectivity index (χ2v) is 3.88. The van der Waals surface area contributed by atoms with Gasteiger partial charge in [0.25, 0.3) is 0 Å². The number of aliphatic hydroxyl groups is 2. The first-order chi connectivity index (χ1) is 7.34. The van der Waals surface area contributed by atoms with Crippen molar-refractivity contribution in [3.8, 4) is 0 Å². The van der Waals surface area contributed by atoms with Gasteiger partial charge in [0.05, 0.1) is 10.0 Å². The summed E-state index contributed by atoms with van der Waals surface area (Å²) in [6, 6.07) is 2.01. The first-order valence-electron chi connectivity index (χ1n) is 4.14. The predicted molar refractivity (Wildman–Crippen MR) is 56.6 cm³/mol. The number of aliphatic hydroxyl groups excluding tert-OH is 2. The topological polar surface area (TPSA) is 83.6 Å². The van der Waals surface area contributed by atoms with Gasteiger partial charge in [-0.3, -0.25) is 4.79 Å². The summed E-state index contributed by atoms with van der Waals surface area (Å²) in [6.45, 7) is 0. The SMILES string of the molecule is NC(=O)C(O)C(O)c1cc(F)c(Cl)c(Cl)c1. The molecule has 0 radical (unpaired) electrons. The fraction of sp³-hybridized carbons (Fsp3) is 0.222. The molecule has 0 aliphatic carbocycles. The summed E-state index contributed by atoms with van der Waals surface area (Å²) in [5.41, 5.74) is 4.69. The molecular weight excluding hydrogens is 260 g/mol. The van der Waals surface area contributed by atoms with E-state index in [2.05, 4.69) is 0 Å².